The largest absolute Gasteiger partial charge is 0.374 e. The Morgan fingerprint density at radius 3 is 2.32 bits per heavy atom. The zero-order valence-electron chi connectivity index (χ0n) is 15.6. The average molecular weight is 361 g/mol. The van der Waals surface area contributed by atoms with E-state index in [1.807, 2.05) is 36.3 Å². The summed E-state index contributed by atoms with van der Waals surface area (Å²) in [6.07, 6.45) is 4.67. The lowest BCUT2D eigenvalue weighted by molar-refractivity contribution is -0.458. The van der Waals surface area contributed by atoms with E-state index in [1.54, 1.807) is 13.8 Å². The van der Waals surface area contributed by atoms with Crippen LogP contribution >= 0.6 is 0 Å². The van der Waals surface area contributed by atoms with Gasteiger partial charge >= 0.3 is 0 Å². The van der Waals surface area contributed by atoms with E-state index in [0.29, 0.717) is 6.54 Å². The quantitative estimate of drug-likeness (QED) is 0.680. The number of alkyl halides is 2. The summed E-state index contributed by atoms with van der Waals surface area (Å²) in [6.45, 7) is 6.03. The Balaban J connectivity index is 2.23. The minimum atomic E-state index is -2.52. The van der Waals surface area contributed by atoms with Crippen molar-refractivity contribution in [3.05, 3.63) is 24.4 Å². The maximum absolute atomic E-state index is 13.7. The molecule has 0 aliphatic carbocycles. The second-order valence-corrected chi connectivity index (χ2v) is 6.67. The zero-order valence-corrected chi connectivity index (χ0v) is 15.6. The molecule has 0 aromatic heterocycles. The number of piperidine rings is 1. The summed E-state index contributed by atoms with van der Waals surface area (Å²) >= 11 is 0. The fraction of sp³-hybridized carbons (Fsp3) is 0.778. The summed E-state index contributed by atoms with van der Waals surface area (Å²) in [4.78, 5) is 1.84. The number of rotatable bonds is 6. The zero-order chi connectivity index (χ0) is 18.7. The van der Waals surface area contributed by atoms with Gasteiger partial charge in [0.15, 0.2) is 0 Å². The first kappa shape index (κ1) is 20.3. The predicted octanol–water partition coefficient (Wildman–Crippen LogP) is 3.17. The average Bonchev–Trinajstić information content (AvgIpc) is 2.59. The molecule has 5 atom stereocenters. The van der Waals surface area contributed by atoms with E-state index in [2.05, 4.69) is 0 Å². The van der Waals surface area contributed by atoms with Crippen molar-refractivity contribution in [2.75, 3.05) is 27.3 Å². The normalized spacial score (nSPS) is 39.5. The van der Waals surface area contributed by atoms with Crippen LogP contribution in [0.5, 0.6) is 0 Å². The second kappa shape index (κ2) is 8.12. The molecule has 0 N–H and O–H groups in total. The first-order valence-corrected chi connectivity index (χ1v) is 8.61. The fourth-order valence-electron chi connectivity index (χ4n) is 3.29. The van der Waals surface area contributed by atoms with Gasteiger partial charge in [0, 0.05) is 27.3 Å². The summed E-state index contributed by atoms with van der Waals surface area (Å²) in [6, 6.07) is 0. The molecule has 0 bridgehead atoms. The van der Waals surface area contributed by atoms with Crippen molar-refractivity contribution in [1.29, 1.82) is 0 Å². The number of hydrogen-bond donors (Lipinski definition) is 0. The lowest BCUT2D eigenvalue weighted by Crippen LogP contribution is -2.70. The van der Waals surface area contributed by atoms with Crippen molar-refractivity contribution in [2.24, 2.45) is 5.92 Å². The van der Waals surface area contributed by atoms with Crippen LogP contribution in [-0.4, -0.2) is 62.4 Å². The van der Waals surface area contributed by atoms with Crippen molar-refractivity contribution in [3.63, 3.8) is 0 Å². The van der Waals surface area contributed by atoms with Crippen molar-refractivity contribution >= 4 is 0 Å². The summed E-state index contributed by atoms with van der Waals surface area (Å²) in [5.41, 5.74) is 0. The van der Waals surface area contributed by atoms with Crippen LogP contribution in [-0.2, 0) is 18.9 Å². The molecule has 0 aromatic carbocycles. The molecule has 0 amide bonds. The molecule has 2 heterocycles. The molecule has 2 rings (SSSR count). The Bertz CT molecular complexity index is 501. The minimum absolute atomic E-state index is 0.197. The van der Waals surface area contributed by atoms with Crippen LogP contribution in [0.1, 0.15) is 27.2 Å². The van der Waals surface area contributed by atoms with Gasteiger partial charge in [-0.2, -0.15) is 0 Å². The summed E-state index contributed by atoms with van der Waals surface area (Å²) in [5, 5.41) is 0. The van der Waals surface area contributed by atoms with E-state index < -0.39 is 36.1 Å². The number of halogens is 2. The molecule has 25 heavy (non-hydrogen) atoms. The van der Waals surface area contributed by atoms with Crippen LogP contribution in [0.4, 0.5) is 8.78 Å². The van der Waals surface area contributed by atoms with Crippen molar-refractivity contribution in [1.82, 2.24) is 4.90 Å². The molecule has 7 heteroatoms. The van der Waals surface area contributed by atoms with Gasteiger partial charge in [0.25, 0.3) is 0 Å². The smallest absolute Gasteiger partial charge is 0.245 e. The maximum Gasteiger partial charge on any atom is 0.245 e. The first-order valence-electron chi connectivity index (χ1n) is 8.61. The van der Waals surface area contributed by atoms with Crippen molar-refractivity contribution in [3.8, 4) is 0 Å². The highest BCUT2D eigenvalue weighted by molar-refractivity contribution is 5.05. The molecular formula is C18H29F2NO4. The molecule has 2 aliphatic heterocycles. The van der Waals surface area contributed by atoms with Gasteiger partial charge in [-0.05, 0) is 32.5 Å². The molecule has 0 unspecified atom stereocenters. The summed E-state index contributed by atoms with van der Waals surface area (Å²) < 4.78 is 50.3. The van der Waals surface area contributed by atoms with Gasteiger partial charge in [-0.15, -0.1) is 0 Å². The monoisotopic (exact) mass is 361 g/mol. The van der Waals surface area contributed by atoms with Crippen LogP contribution in [0.25, 0.3) is 0 Å². The molecule has 0 radical (unpaired) electrons. The highest BCUT2D eigenvalue weighted by Gasteiger charge is 2.60. The van der Waals surface area contributed by atoms with Gasteiger partial charge in [-0.3, -0.25) is 0 Å². The number of fused-ring (bicyclic) bond motifs is 1. The fourth-order valence-corrected chi connectivity index (χ4v) is 3.29. The molecule has 2 aliphatic rings. The Kier molecular flexibility index (Phi) is 6.59. The minimum Gasteiger partial charge on any atom is -0.374 e. The first-order chi connectivity index (χ1) is 11.8. The third-order valence-corrected chi connectivity index (χ3v) is 5.09. The Morgan fingerprint density at radius 2 is 1.76 bits per heavy atom. The topological polar surface area (TPSA) is 40.2 Å². The molecular weight excluding hydrogens is 332 g/mol. The number of nitrogens with zero attached hydrogens (tertiary/aromatic N) is 1. The number of ether oxygens (including phenoxy) is 4. The summed E-state index contributed by atoms with van der Waals surface area (Å²) in [5.74, 6) is -3.43. The summed E-state index contributed by atoms with van der Waals surface area (Å²) in [7, 11) is 2.94. The van der Waals surface area contributed by atoms with Gasteiger partial charge < -0.3 is 23.8 Å². The lowest BCUT2D eigenvalue weighted by Gasteiger charge is -2.56. The Morgan fingerprint density at radius 1 is 1.12 bits per heavy atom. The number of likely N-dealkylation sites (tertiary alicyclic amines) is 1. The van der Waals surface area contributed by atoms with E-state index in [9.17, 15) is 8.78 Å². The maximum atomic E-state index is 13.7. The van der Waals surface area contributed by atoms with Gasteiger partial charge in [-0.1, -0.05) is 19.1 Å². The highest BCUT2D eigenvalue weighted by atomic mass is 19.3. The van der Waals surface area contributed by atoms with E-state index >= 15 is 0 Å². The predicted molar refractivity (Wildman–Crippen MR) is 90.2 cm³/mol. The van der Waals surface area contributed by atoms with Gasteiger partial charge in [0.1, 0.15) is 6.10 Å². The van der Waals surface area contributed by atoms with Gasteiger partial charge in [-0.25, -0.2) is 8.78 Å². The van der Waals surface area contributed by atoms with Crippen LogP contribution < -0.4 is 0 Å². The standard InChI is InChI=1S/C18H29F2NO4/c1-6-7-8-9-10-21-11-13(16(19)20)15-14(12-21)24-17(2,22-4)18(3,23-5)25-15/h7-10,13-16H,6,11-12H2,1-5H3/b8-7-,10-9-/t13-,14+,15+,17-,18-/m0/s1. The molecule has 144 valence electrons. The number of hydrogen-bond acceptors (Lipinski definition) is 5. The molecule has 0 saturated carbocycles. The number of methoxy groups -OCH3 is 2. The van der Waals surface area contributed by atoms with E-state index in [1.165, 1.54) is 14.2 Å². The van der Waals surface area contributed by atoms with Crippen molar-refractivity contribution in [2.45, 2.75) is 57.4 Å². The van der Waals surface area contributed by atoms with Gasteiger partial charge in [0.2, 0.25) is 18.0 Å². The Labute approximate surface area is 148 Å². The van der Waals surface area contributed by atoms with Crippen molar-refractivity contribution < 1.29 is 27.7 Å². The molecule has 0 spiro atoms. The van der Waals surface area contributed by atoms with Crippen LogP contribution in [0.15, 0.2) is 24.4 Å². The van der Waals surface area contributed by atoms with E-state index in [4.69, 9.17) is 18.9 Å². The van der Waals surface area contributed by atoms with Crippen LogP contribution in [0, 0.1) is 5.92 Å². The number of allylic oxidation sites excluding steroid dienone is 3. The SMILES string of the molecule is CC/C=C\C=C/N1C[C@H](C(F)F)[C@H]2O[C@](C)(OC)[C@@](C)(OC)O[C@@H]2C1. The molecule has 2 saturated heterocycles. The second-order valence-electron chi connectivity index (χ2n) is 6.67. The molecule has 5 nitrogen and oxygen atoms in total. The van der Waals surface area contributed by atoms with Crippen LogP contribution in [0.3, 0.4) is 0 Å². The van der Waals surface area contributed by atoms with E-state index in [0.717, 1.165) is 6.42 Å². The highest BCUT2D eigenvalue weighted by Crippen LogP contribution is 2.43. The third-order valence-electron chi connectivity index (χ3n) is 5.09. The lowest BCUT2D eigenvalue weighted by atomic mass is 9.89. The van der Waals surface area contributed by atoms with Crippen LogP contribution in [0.2, 0.25) is 0 Å². The Hall–Kier alpha value is -1.02. The molecule has 2 fully saturated rings. The van der Waals surface area contributed by atoms with Gasteiger partial charge in [0.05, 0.1) is 12.0 Å². The molecule has 0 aromatic rings. The third kappa shape index (κ3) is 4.05. The van der Waals surface area contributed by atoms with E-state index in [-0.39, 0.29) is 6.54 Å².